The fraction of sp³-hybridized carbons (Fsp3) is 0.300. The van der Waals surface area contributed by atoms with Crippen LogP contribution in [0.2, 0.25) is 0 Å². The number of amides is 1. The summed E-state index contributed by atoms with van der Waals surface area (Å²) in [6.07, 6.45) is 0. The van der Waals surface area contributed by atoms with Crippen molar-refractivity contribution >= 4 is 21.6 Å². The summed E-state index contributed by atoms with van der Waals surface area (Å²) in [5.74, 6) is -0.428. The van der Waals surface area contributed by atoms with Crippen molar-refractivity contribution in [2.45, 2.75) is 11.8 Å². The molecule has 0 bridgehead atoms. The summed E-state index contributed by atoms with van der Waals surface area (Å²) in [6, 6.07) is 5.91. The van der Waals surface area contributed by atoms with E-state index in [9.17, 15) is 13.2 Å². The smallest absolute Gasteiger partial charge is 0.250 e. The number of nitrogens with two attached hydrogens (primary N) is 1. The molecule has 0 aromatic heterocycles. The van der Waals surface area contributed by atoms with E-state index in [1.165, 1.54) is 18.2 Å². The fourth-order valence-electron chi connectivity index (χ4n) is 1.20. The molecule has 0 aliphatic rings. The minimum absolute atomic E-state index is 0.121. The molecule has 1 rings (SSSR count). The summed E-state index contributed by atoms with van der Waals surface area (Å²) in [6.45, 7) is 2.03. The van der Waals surface area contributed by atoms with Crippen LogP contribution in [0.4, 0.5) is 5.69 Å². The molecule has 0 unspecified atom stereocenters. The van der Waals surface area contributed by atoms with Crippen LogP contribution in [0.3, 0.4) is 0 Å². The molecule has 1 amide bonds. The number of primary sulfonamides is 1. The third kappa shape index (κ3) is 4.14. The minimum Gasteiger partial charge on any atom is -0.372 e. The van der Waals surface area contributed by atoms with Crippen molar-refractivity contribution in [2.24, 2.45) is 5.14 Å². The van der Waals surface area contributed by atoms with E-state index in [4.69, 9.17) is 9.88 Å². The zero-order valence-electron chi connectivity index (χ0n) is 9.34. The van der Waals surface area contributed by atoms with Crippen LogP contribution in [0.1, 0.15) is 6.92 Å². The van der Waals surface area contributed by atoms with Gasteiger partial charge < -0.3 is 10.1 Å². The summed E-state index contributed by atoms with van der Waals surface area (Å²) >= 11 is 0. The Hall–Kier alpha value is -1.44. The van der Waals surface area contributed by atoms with Gasteiger partial charge in [0, 0.05) is 6.61 Å². The van der Waals surface area contributed by atoms with Crippen LogP contribution >= 0.6 is 0 Å². The van der Waals surface area contributed by atoms with Crippen molar-refractivity contribution in [3.63, 3.8) is 0 Å². The Bertz CT molecular complexity index is 499. The molecule has 17 heavy (non-hydrogen) atoms. The van der Waals surface area contributed by atoms with Crippen molar-refractivity contribution in [1.82, 2.24) is 0 Å². The maximum absolute atomic E-state index is 11.4. The first kappa shape index (κ1) is 13.6. The number of hydrogen-bond donors (Lipinski definition) is 2. The summed E-state index contributed by atoms with van der Waals surface area (Å²) in [4.78, 5) is 11.3. The lowest BCUT2D eigenvalue weighted by Crippen LogP contribution is -2.21. The summed E-state index contributed by atoms with van der Waals surface area (Å²) in [5.41, 5.74) is 0.153. The van der Waals surface area contributed by atoms with Crippen molar-refractivity contribution in [3.05, 3.63) is 24.3 Å². The topological polar surface area (TPSA) is 98.5 Å². The highest BCUT2D eigenvalue weighted by Gasteiger charge is 2.14. The Balaban J connectivity index is 2.88. The molecule has 0 spiro atoms. The second kappa shape index (κ2) is 5.76. The van der Waals surface area contributed by atoms with Crippen LogP contribution in [0.5, 0.6) is 0 Å². The highest BCUT2D eigenvalue weighted by atomic mass is 32.2. The van der Waals surface area contributed by atoms with Crippen LogP contribution in [0.25, 0.3) is 0 Å². The number of anilines is 1. The van der Waals surface area contributed by atoms with E-state index in [0.717, 1.165) is 0 Å². The first-order chi connectivity index (χ1) is 7.95. The molecule has 94 valence electrons. The Kier molecular flexibility index (Phi) is 4.62. The maximum atomic E-state index is 11.4. The molecule has 0 aliphatic heterocycles. The first-order valence-corrected chi connectivity index (χ1v) is 6.49. The van der Waals surface area contributed by atoms with Crippen LogP contribution in [0, 0.1) is 0 Å². The standard InChI is InChI=1S/C10H14N2O4S/c1-2-16-7-10(13)12-8-5-3-4-6-9(8)17(11,14)15/h3-6H,2,7H2,1H3,(H,12,13)(H2,11,14,15). The number of rotatable bonds is 5. The number of sulfonamides is 1. The molecule has 0 saturated heterocycles. The van der Waals surface area contributed by atoms with Gasteiger partial charge in [0.1, 0.15) is 11.5 Å². The molecule has 0 saturated carbocycles. The zero-order chi connectivity index (χ0) is 12.9. The third-order valence-corrected chi connectivity index (χ3v) is 2.87. The van der Waals surface area contributed by atoms with E-state index in [2.05, 4.69) is 5.32 Å². The predicted molar refractivity (Wildman–Crippen MR) is 62.9 cm³/mol. The summed E-state index contributed by atoms with van der Waals surface area (Å²) in [7, 11) is -3.86. The normalized spacial score (nSPS) is 11.2. The third-order valence-electron chi connectivity index (χ3n) is 1.90. The van der Waals surface area contributed by atoms with Crippen molar-refractivity contribution < 1.29 is 17.9 Å². The quantitative estimate of drug-likeness (QED) is 0.794. The minimum atomic E-state index is -3.86. The second-order valence-corrected chi connectivity index (χ2v) is 4.76. The number of ether oxygens (including phenoxy) is 1. The van der Waals surface area contributed by atoms with Crippen molar-refractivity contribution in [1.29, 1.82) is 0 Å². The number of para-hydroxylation sites is 1. The van der Waals surface area contributed by atoms with Crippen molar-refractivity contribution in [3.8, 4) is 0 Å². The Morgan fingerprint density at radius 3 is 2.65 bits per heavy atom. The zero-order valence-corrected chi connectivity index (χ0v) is 10.2. The molecule has 3 N–H and O–H groups in total. The van der Waals surface area contributed by atoms with E-state index in [0.29, 0.717) is 6.61 Å². The Morgan fingerprint density at radius 2 is 2.06 bits per heavy atom. The molecule has 6 nitrogen and oxygen atoms in total. The highest BCUT2D eigenvalue weighted by molar-refractivity contribution is 7.89. The van der Waals surface area contributed by atoms with E-state index in [-0.39, 0.29) is 17.2 Å². The SMILES string of the molecule is CCOCC(=O)Nc1ccccc1S(N)(=O)=O. The van der Waals surface area contributed by atoms with E-state index in [1.807, 2.05) is 0 Å². The summed E-state index contributed by atoms with van der Waals surface area (Å²) in [5, 5.41) is 7.45. The lowest BCUT2D eigenvalue weighted by atomic mass is 10.3. The van der Waals surface area contributed by atoms with Gasteiger partial charge in [0.15, 0.2) is 0 Å². The van der Waals surface area contributed by atoms with Gasteiger partial charge in [-0.15, -0.1) is 0 Å². The first-order valence-electron chi connectivity index (χ1n) is 4.94. The van der Waals surface area contributed by atoms with Gasteiger partial charge in [-0.3, -0.25) is 4.79 Å². The van der Waals surface area contributed by atoms with E-state index < -0.39 is 15.9 Å². The van der Waals surface area contributed by atoms with Crippen molar-refractivity contribution in [2.75, 3.05) is 18.5 Å². The Labute approximate surface area is 99.8 Å². The molecule has 0 radical (unpaired) electrons. The fourth-order valence-corrected chi connectivity index (χ4v) is 1.89. The predicted octanol–water partition coefficient (Wildman–Crippen LogP) is 0.309. The molecule has 0 aliphatic carbocycles. The van der Waals surface area contributed by atoms with Crippen LogP contribution in [0.15, 0.2) is 29.2 Å². The number of carbonyl (C=O) groups is 1. The second-order valence-electron chi connectivity index (χ2n) is 3.23. The summed E-state index contributed by atoms with van der Waals surface area (Å²) < 4.78 is 27.4. The largest absolute Gasteiger partial charge is 0.372 e. The molecule has 1 aromatic carbocycles. The lowest BCUT2D eigenvalue weighted by molar-refractivity contribution is -0.120. The molecule has 7 heteroatoms. The number of hydrogen-bond acceptors (Lipinski definition) is 4. The molecular weight excluding hydrogens is 244 g/mol. The Morgan fingerprint density at radius 1 is 1.41 bits per heavy atom. The van der Waals surface area contributed by atoms with Gasteiger partial charge >= 0.3 is 0 Å². The van der Waals surface area contributed by atoms with Gasteiger partial charge in [-0.05, 0) is 19.1 Å². The monoisotopic (exact) mass is 258 g/mol. The molecular formula is C10H14N2O4S. The average Bonchev–Trinajstić information content (AvgIpc) is 2.25. The van der Waals surface area contributed by atoms with Gasteiger partial charge in [0.25, 0.3) is 0 Å². The maximum Gasteiger partial charge on any atom is 0.250 e. The van der Waals surface area contributed by atoms with Crippen LogP contribution in [-0.4, -0.2) is 27.5 Å². The van der Waals surface area contributed by atoms with E-state index in [1.54, 1.807) is 13.0 Å². The molecule has 1 aromatic rings. The lowest BCUT2D eigenvalue weighted by Gasteiger charge is -2.09. The van der Waals surface area contributed by atoms with E-state index >= 15 is 0 Å². The molecule has 0 atom stereocenters. The van der Waals surface area contributed by atoms with Gasteiger partial charge in [-0.25, -0.2) is 13.6 Å². The number of carbonyl (C=O) groups excluding carboxylic acids is 1. The van der Waals surface area contributed by atoms with Gasteiger partial charge in [-0.2, -0.15) is 0 Å². The number of nitrogens with one attached hydrogen (secondary N) is 1. The number of benzene rings is 1. The highest BCUT2D eigenvalue weighted by Crippen LogP contribution is 2.18. The molecule has 0 fully saturated rings. The van der Waals surface area contributed by atoms with Crippen LogP contribution < -0.4 is 10.5 Å². The average molecular weight is 258 g/mol. The van der Waals surface area contributed by atoms with Gasteiger partial charge in [0.2, 0.25) is 15.9 Å². The van der Waals surface area contributed by atoms with Gasteiger partial charge in [0.05, 0.1) is 5.69 Å². The van der Waals surface area contributed by atoms with Crippen LogP contribution in [-0.2, 0) is 19.6 Å². The molecule has 0 heterocycles. The van der Waals surface area contributed by atoms with Gasteiger partial charge in [-0.1, -0.05) is 12.1 Å².